The molecular formula is C25H23NO6. The van der Waals surface area contributed by atoms with Gasteiger partial charge in [-0.1, -0.05) is 29.8 Å². The minimum atomic E-state index is -0.759. The molecule has 7 nitrogen and oxygen atoms in total. The van der Waals surface area contributed by atoms with Crippen molar-refractivity contribution in [1.29, 1.82) is 0 Å². The maximum atomic E-state index is 12.4. The number of nitrogens with one attached hydrogen (secondary N) is 1. The molecule has 1 N–H and O–H groups in total. The topological polar surface area (TPSA) is 94.8 Å². The number of fused-ring (bicyclic) bond motifs is 1. The summed E-state index contributed by atoms with van der Waals surface area (Å²) in [6.45, 7) is 3.02. The number of ether oxygens (including phenoxy) is 2. The summed E-state index contributed by atoms with van der Waals surface area (Å²) in [5.74, 6) is -0.833. The zero-order valence-electron chi connectivity index (χ0n) is 17.6. The lowest BCUT2D eigenvalue weighted by atomic mass is 10.1. The van der Waals surface area contributed by atoms with Gasteiger partial charge in [0.05, 0.1) is 6.10 Å². The Morgan fingerprint density at radius 3 is 2.72 bits per heavy atom. The first-order chi connectivity index (χ1) is 15.5. The van der Waals surface area contributed by atoms with E-state index in [4.69, 9.17) is 13.9 Å². The molecule has 3 aromatic rings. The van der Waals surface area contributed by atoms with Gasteiger partial charge in [0.15, 0.2) is 0 Å². The molecule has 0 saturated carbocycles. The molecule has 1 aliphatic rings. The van der Waals surface area contributed by atoms with Crippen molar-refractivity contribution in [1.82, 2.24) is 5.32 Å². The van der Waals surface area contributed by atoms with Crippen LogP contribution in [0, 0.1) is 6.92 Å². The van der Waals surface area contributed by atoms with Gasteiger partial charge in [-0.2, -0.15) is 0 Å². The second-order valence-corrected chi connectivity index (χ2v) is 7.66. The number of aryl methyl sites for hydroxylation is 1. The Balaban J connectivity index is 1.43. The molecule has 0 radical (unpaired) electrons. The minimum absolute atomic E-state index is 0.0243. The summed E-state index contributed by atoms with van der Waals surface area (Å²) >= 11 is 0. The van der Waals surface area contributed by atoms with Gasteiger partial charge in [-0.05, 0) is 49.6 Å². The van der Waals surface area contributed by atoms with Crippen LogP contribution < -0.4 is 15.7 Å². The lowest BCUT2D eigenvalue weighted by Crippen LogP contribution is -2.34. The molecule has 32 heavy (non-hydrogen) atoms. The summed E-state index contributed by atoms with van der Waals surface area (Å²) in [5, 5.41) is 3.26. The van der Waals surface area contributed by atoms with Crippen LogP contribution in [-0.4, -0.2) is 31.1 Å². The van der Waals surface area contributed by atoms with Crippen LogP contribution in [0.25, 0.3) is 17.0 Å². The molecule has 1 aromatic heterocycles. The minimum Gasteiger partial charge on any atom is -0.423 e. The summed E-state index contributed by atoms with van der Waals surface area (Å²) in [4.78, 5) is 36.8. The molecular weight excluding hydrogens is 410 g/mol. The first-order valence-corrected chi connectivity index (χ1v) is 10.4. The van der Waals surface area contributed by atoms with Gasteiger partial charge in [-0.3, -0.25) is 4.79 Å². The van der Waals surface area contributed by atoms with Crippen LogP contribution in [0.2, 0.25) is 0 Å². The third-order valence-electron chi connectivity index (χ3n) is 5.17. The lowest BCUT2D eigenvalue weighted by molar-refractivity contribution is -0.128. The third-order valence-corrected chi connectivity index (χ3v) is 5.17. The van der Waals surface area contributed by atoms with Crippen LogP contribution >= 0.6 is 0 Å². The molecule has 1 unspecified atom stereocenters. The first-order valence-electron chi connectivity index (χ1n) is 10.4. The van der Waals surface area contributed by atoms with E-state index >= 15 is 0 Å². The van der Waals surface area contributed by atoms with Gasteiger partial charge in [0.1, 0.15) is 16.9 Å². The van der Waals surface area contributed by atoms with Gasteiger partial charge in [-0.15, -0.1) is 0 Å². The van der Waals surface area contributed by atoms with E-state index in [0.717, 1.165) is 24.0 Å². The van der Waals surface area contributed by atoms with E-state index in [0.29, 0.717) is 18.5 Å². The van der Waals surface area contributed by atoms with Crippen LogP contribution in [0.4, 0.5) is 0 Å². The Kier molecular flexibility index (Phi) is 6.47. The summed E-state index contributed by atoms with van der Waals surface area (Å²) < 4.78 is 16.1. The summed E-state index contributed by atoms with van der Waals surface area (Å²) in [7, 11) is 0. The van der Waals surface area contributed by atoms with Crippen molar-refractivity contribution in [2.75, 3.05) is 13.2 Å². The van der Waals surface area contributed by atoms with Gasteiger partial charge < -0.3 is 19.2 Å². The molecule has 7 heteroatoms. The van der Waals surface area contributed by atoms with Crippen molar-refractivity contribution in [3.8, 4) is 5.75 Å². The van der Waals surface area contributed by atoms with E-state index in [9.17, 15) is 14.4 Å². The van der Waals surface area contributed by atoms with Crippen LogP contribution in [0.5, 0.6) is 5.75 Å². The number of carbonyl (C=O) groups excluding carboxylic acids is 2. The van der Waals surface area contributed by atoms with E-state index in [2.05, 4.69) is 5.32 Å². The van der Waals surface area contributed by atoms with Gasteiger partial charge in [0.25, 0.3) is 5.91 Å². The second kappa shape index (κ2) is 9.62. The number of amides is 1. The van der Waals surface area contributed by atoms with E-state index in [1.807, 2.05) is 31.2 Å². The Bertz CT molecular complexity index is 1220. The van der Waals surface area contributed by atoms with Crippen LogP contribution in [-0.2, 0) is 9.53 Å². The zero-order chi connectivity index (χ0) is 22.5. The first kappa shape index (κ1) is 21.5. The number of rotatable bonds is 6. The van der Waals surface area contributed by atoms with Gasteiger partial charge in [0, 0.05) is 30.7 Å². The average Bonchev–Trinajstić information content (AvgIpc) is 3.30. The maximum Gasteiger partial charge on any atom is 0.349 e. The average molecular weight is 433 g/mol. The molecule has 0 aliphatic carbocycles. The molecule has 4 rings (SSSR count). The van der Waals surface area contributed by atoms with Gasteiger partial charge in [-0.25, -0.2) is 9.59 Å². The highest BCUT2D eigenvalue weighted by atomic mass is 16.5. The van der Waals surface area contributed by atoms with Gasteiger partial charge in [0.2, 0.25) is 0 Å². The monoisotopic (exact) mass is 433 g/mol. The second-order valence-electron chi connectivity index (χ2n) is 7.66. The Morgan fingerprint density at radius 2 is 1.97 bits per heavy atom. The van der Waals surface area contributed by atoms with Crippen molar-refractivity contribution in [2.24, 2.45) is 0 Å². The highest BCUT2D eigenvalue weighted by molar-refractivity contribution is 5.97. The molecule has 0 bridgehead atoms. The molecule has 0 spiro atoms. The smallest absolute Gasteiger partial charge is 0.349 e. The maximum absolute atomic E-state index is 12.4. The number of carbonyl (C=O) groups is 2. The molecule has 1 aliphatic heterocycles. The van der Waals surface area contributed by atoms with Crippen molar-refractivity contribution >= 4 is 28.9 Å². The normalized spacial score (nSPS) is 15.8. The van der Waals surface area contributed by atoms with Crippen LogP contribution in [0.1, 0.15) is 34.3 Å². The van der Waals surface area contributed by atoms with Crippen LogP contribution in [0.3, 0.4) is 0 Å². The molecule has 1 amide bonds. The predicted molar refractivity (Wildman–Crippen MR) is 120 cm³/mol. The summed E-state index contributed by atoms with van der Waals surface area (Å²) in [6, 6.07) is 13.8. The molecule has 2 aromatic carbocycles. The van der Waals surface area contributed by atoms with Crippen molar-refractivity contribution < 1.29 is 23.5 Å². The largest absolute Gasteiger partial charge is 0.423 e. The molecule has 164 valence electrons. The Hall–Kier alpha value is -3.71. The Labute approximate surface area is 184 Å². The third kappa shape index (κ3) is 5.31. The SMILES string of the molecule is Cc1ccc(/C=C/C(=O)Oc2ccc3cc(C(=O)NCC4CCCO4)c(=O)oc3c2)cc1. The summed E-state index contributed by atoms with van der Waals surface area (Å²) in [5.41, 5.74) is 1.39. The zero-order valence-corrected chi connectivity index (χ0v) is 17.6. The molecule has 2 heterocycles. The van der Waals surface area contributed by atoms with E-state index in [1.165, 1.54) is 18.2 Å². The number of hydrogen-bond donors (Lipinski definition) is 1. The van der Waals surface area contributed by atoms with Gasteiger partial charge >= 0.3 is 11.6 Å². The Morgan fingerprint density at radius 1 is 1.16 bits per heavy atom. The number of hydrogen-bond acceptors (Lipinski definition) is 6. The van der Waals surface area contributed by atoms with E-state index < -0.39 is 17.5 Å². The lowest BCUT2D eigenvalue weighted by Gasteiger charge is -2.10. The predicted octanol–water partition coefficient (Wildman–Crippen LogP) is 3.63. The standard InChI is InChI=1S/C25H23NO6/c1-16-4-6-17(7-5-16)8-11-23(27)31-19-10-9-18-13-21(25(29)32-22(18)14-19)24(28)26-15-20-3-2-12-30-20/h4-11,13-14,20H,2-3,12,15H2,1H3,(H,26,28)/b11-8+. The fourth-order valence-corrected chi connectivity index (χ4v) is 3.41. The summed E-state index contributed by atoms with van der Waals surface area (Å²) in [6.07, 6.45) is 4.81. The van der Waals surface area contributed by atoms with E-state index in [1.54, 1.807) is 18.2 Å². The number of esters is 1. The fourth-order valence-electron chi connectivity index (χ4n) is 3.41. The number of benzene rings is 2. The van der Waals surface area contributed by atoms with Crippen molar-refractivity contribution in [3.63, 3.8) is 0 Å². The fraction of sp³-hybridized carbons (Fsp3) is 0.240. The van der Waals surface area contributed by atoms with Crippen molar-refractivity contribution in [2.45, 2.75) is 25.9 Å². The quantitative estimate of drug-likeness (QED) is 0.276. The van der Waals surface area contributed by atoms with Crippen LogP contribution in [0.15, 0.2) is 63.8 Å². The molecule has 1 atom stereocenters. The molecule has 1 fully saturated rings. The molecule has 1 saturated heterocycles. The highest BCUT2D eigenvalue weighted by Crippen LogP contribution is 2.21. The van der Waals surface area contributed by atoms with Crippen molar-refractivity contribution in [3.05, 3.63) is 81.7 Å². The highest BCUT2D eigenvalue weighted by Gasteiger charge is 2.19. The van der Waals surface area contributed by atoms with E-state index in [-0.39, 0.29) is 23.0 Å².